The standard InChI is InChI=1S/C13H17BrN2O4/c1-3-15(9-5-8-14)13(17)10-6-4-7-11(16(18)19)12(10)20-2/h4,6-7H,3,5,8-9H2,1-2H3. The number of para-hydroxylation sites is 1. The highest BCUT2D eigenvalue weighted by molar-refractivity contribution is 9.09. The Labute approximate surface area is 126 Å². The van der Waals surface area contributed by atoms with Gasteiger partial charge in [0.2, 0.25) is 5.75 Å². The molecular weight excluding hydrogens is 328 g/mol. The molecule has 0 aromatic heterocycles. The summed E-state index contributed by atoms with van der Waals surface area (Å²) in [6, 6.07) is 4.36. The Kier molecular flexibility index (Phi) is 6.44. The number of benzene rings is 1. The number of hydrogen-bond donors (Lipinski definition) is 0. The van der Waals surface area contributed by atoms with E-state index in [-0.39, 0.29) is 22.9 Å². The molecule has 110 valence electrons. The van der Waals surface area contributed by atoms with Crippen LogP contribution in [-0.4, -0.2) is 41.3 Å². The quantitative estimate of drug-likeness (QED) is 0.433. The van der Waals surface area contributed by atoms with E-state index in [1.165, 1.54) is 19.2 Å². The number of nitrogens with zero attached hydrogens (tertiary/aromatic N) is 2. The first-order valence-electron chi connectivity index (χ1n) is 6.23. The Morgan fingerprint density at radius 3 is 2.70 bits per heavy atom. The van der Waals surface area contributed by atoms with E-state index in [0.29, 0.717) is 13.1 Å². The predicted molar refractivity (Wildman–Crippen MR) is 79.6 cm³/mol. The Hall–Kier alpha value is -1.63. The zero-order valence-electron chi connectivity index (χ0n) is 11.5. The maximum atomic E-state index is 12.4. The number of carbonyl (C=O) groups is 1. The number of amides is 1. The van der Waals surface area contributed by atoms with Crippen LogP contribution in [0, 0.1) is 10.1 Å². The first-order chi connectivity index (χ1) is 9.56. The van der Waals surface area contributed by atoms with Crippen molar-refractivity contribution in [1.29, 1.82) is 0 Å². The van der Waals surface area contributed by atoms with E-state index in [2.05, 4.69) is 15.9 Å². The minimum Gasteiger partial charge on any atom is -0.490 e. The molecule has 7 heteroatoms. The lowest BCUT2D eigenvalue weighted by atomic mass is 10.1. The van der Waals surface area contributed by atoms with E-state index in [1.54, 1.807) is 11.0 Å². The van der Waals surface area contributed by atoms with Crippen LogP contribution in [0.2, 0.25) is 0 Å². The van der Waals surface area contributed by atoms with Gasteiger partial charge in [0.05, 0.1) is 17.6 Å². The van der Waals surface area contributed by atoms with Crippen LogP contribution >= 0.6 is 15.9 Å². The van der Waals surface area contributed by atoms with Gasteiger partial charge in [-0.3, -0.25) is 14.9 Å². The van der Waals surface area contributed by atoms with Crippen molar-refractivity contribution < 1.29 is 14.5 Å². The van der Waals surface area contributed by atoms with Crippen LogP contribution in [0.3, 0.4) is 0 Å². The van der Waals surface area contributed by atoms with Crippen LogP contribution in [0.4, 0.5) is 5.69 Å². The average Bonchev–Trinajstić information content (AvgIpc) is 2.46. The maximum Gasteiger partial charge on any atom is 0.311 e. The lowest BCUT2D eigenvalue weighted by Crippen LogP contribution is -2.32. The fraction of sp³-hybridized carbons (Fsp3) is 0.462. The molecule has 1 rings (SSSR count). The summed E-state index contributed by atoms with van der Waals surface area (Å²) in [4.78, 5) is 24.5. The van der Waals surface area contributed by atoms with Gasteiger partial charge in [0.1, 0.15) is 0 Å². The monoisotopic (exact) mass is 344 g/mol. The molecule has 1 aromatic rings. The zero-order chi connectivity index (χ0) is 15.1. The van der Waals surface area contributed by atoms with E-state index in [9.17, 15) is 14.9 Å². The van der Waals surface area contributed by atoms with Crippen LogP contribution in [0.1, 0.15) is 23.7 Å². The molecule has 0 aliphatic heterocycles. The Morgan fingerprint density at radius 2 is 2.20 bits per heavy atom. The largest absolute Gasteiger partial charge is 0.490 e. The number of rotatable bonds is 7. The Balaban J connectivity index is 3.14. The summed E-state index contributed by atoms with van der Waals surface area (Å²) >= 11 is 3.32. The summed E-state index contributed by atoms with van der Waals surface area (Å²) in [7, 11) is 1.33. The van der Waals surface area contributed by atoms with Crippen LogP contribution in [0.5, 0.6) is 5.75 Å². The highest BCUT2D eigenvalue weighted by Gasteiger charge is 2.25. The minimum atomic E-state index is -0.551. The highest BCUT2D eigenvalue weighted by Crippen LogP contribution is 2.31. The molecule has 1 amide bonds. The maximum absolute atomic E-state index is 12.4. The number of methoxy groups -OCH3 is 1. The van der Waals surface area contributed by atoms with Gasteiger partial charge in [-0.1, -0.05) is 22.0 Å². The van der Waals surface area contributed by atoms with Gasteiger partial charge in [0, 0.05) is 24.5 Å². The van der Waals surface area contributed by atoms with E-state index in [4.69, 9.17) is 4.74 Å². The molecule has 0 spiro atoms. The van der Waals surface area contributed by atoms with Gasteiger partial charge >= 0.3 is 5.69 Å². The average molecular weight is 345 g/mol. The van der Waals surface area contributed by atoms with Crippen molar-refractivity contribution in [1.82, 2.24) is 4.90 Å². The van der Waals surface area contributed by atoms with Gasteiger partial charge in [0.25, 0.3) is 5.91 Å². The number of nitro groups is 1. The van der Waals surface area contributed by atoms with Gasteiger partial charge in [-0.05, 0) is 19.4 Å². The van der Waals surface area contributed by atoms with Gasteiger partial charge in [-0.25, -0.2) is 0 Å². The molecule has 20 heavy (non-hydrogen) atoms. The minimum absolute atomic E-state index is 0.0137. The first kappa shape index (κ1) is 16.4. The lowest BCUT2D eigenvalue weighted by molar-refractivity contribution is -0.385. The molecule has 0 radical (unpaired) electrons. The second-order valence-corrected chi connectivity index (χ2v) is 4.84. The topological polar surface area (TPSA) is 72.7 Å². The van der Waals surface area contributed by atoms with Crippen molar-refractivity contribution in [3.8, 4) is 5.75 Å². The number of hydrogen-bond acceptors (Lipinski definition) is 4. The molecule has 0 saturated heterocycles. The molecule has 0 bridgehead atoms. The fourth-order valence-corrected chi connectivity index (χ4v) is 2.13. The molecule has 0 aliphatic carbocycles. The number of ether oxygens (including phenoxy) is 1. The summed E-state index contributed by atoms with van der Waals surface area (Å²) in [6.45, 7) is 3.00. The van der Waals surface area contributed by atoms with Crippen LogP contribution in [0.15, 0.2) is 18.2 Å². The molecule has 0 unspecified atom stereocenters. The highest BCUT2D eigenvalue weighted by atomic mass is 79.9. The number of nitro benzene ring substituents is 1. The van der Waals surface area contributed by atoms with E-state index < -0.39 is 4.92 Å². The van der Waals surface area contributed by atoms with Crippen LogP contribution in [-0.2, 0) is 0 Å². The summed E-state index contributed by atoms with van der Waals surface area (Å²) in [6.07, 6.45) is 0.816. The van der Waals surface area contributed by atoms with Gasteiger partial charge in [-0.15, -0.1) is 0 Å². The van der Waals surface area contributed by atoms with Crippen molar-refractivity contribution >= 4 is 27.5 Å². The molecule has 6 nitrogen and oxygen atoms in total. The lowest BCUT2D eigenvalue weighted by Gasteiger charge is -2.21. The van der Waals surface area contributed by atoms with Crippen molar-refractivity contribution in [2.24, 2.45) is 0 Å². The third-order valence-corrected chi connectivity index (χ3v) is 3.42. The molecule has 0 heterocycles. The third-order valence-electron chi connectivity index (χ3n) is 2.86. The van der Waals surface area contributed by atoms with Gasteiger partial charge < -0.3 is 9.64 Å². The summed E-state index contributed by atoms with van der Waals surface area (Å²) in [5.41, 5.74) is 0.0213. The van der Waals surface area contributed by atoms with Crippen molar-refractivity contribution in [3.63, 3.8) is 0 Å². The van der Waals surface area contributed by atoms with E-state index in [1.807, 2.05) is 6.92 Å². The second kappa shape index (κ2) is 7.84. The predicted octanol–water partition coefficient (Wildman–Crippen LogP) is 2.85. The molecule has 0 fully saturated rings. The van der Waals surface area contributed by atoms with Gasteiger partial charge in [-0.2, -0.15) is 0 Å². The molecule has 0 atom stereocenters. The Morgan fingerprint density at radius 1 is 1.50 bits per heavy atom. The zero-order valence-corrected chi connectivity index (χ0v) is 13.1. The fourth-order valence-electron chi connectivity index (χ4n) is 1.88. The number of halogens is 1. The summed E-state index contributed by atoms with van der Waals surface area (Å²) in [5, 5.41) is 11.8. The van der Waals surface area contributed by atoms with E-state index in [0.717, 1.165) is 11.8 Å². The summed E-state index contributed by atoms with van der Waals surface area (Å²) in [5.74, 6) is -0.242. The van der Waals surface area contributed by atoms with Crippen LogP contribution in [0.25, 0.3) is 0 Å². The molecular formula is C13H17BrN2O4. The Bertz CT molecular complexity index is 493. The van der Waals surface area contributed by atoms with Crippen molar-refractivity contribution in [2.75, 3.05) is 25.5 Å². The number of carbonyl (C=O) groups excluding carboxylic acids is 1. The molecule has 0 aliphatic rings. The van der Waals surface area contributed by atoms with Crippen molar-refractivity contribution in [2.45, 2.75) is 13.3 Å². The second-order valence-electron chi connectivity index (χ2n) is 4.04. The first-order valence-corrected chi connectivity index (χ1v) is 7.35. The van der Waals surface area contributed by atoms with Gasteiger partial charge in [0.15, 0.2) is 0 Å². The SMILES string of the molecule is CCN(CCCBr)C(=O)c1cccc([N+](=O)[O-])c1OC. The van der Waals surface area contributed by atoms with Crippen LogP contribution < -0.4 is 4.74 Å². The third kappa shape index (κ3) is 3.69. The number of alkyl halides is 1. The smallest absolute Gasteiger partial charge is 0.311 e. The normalized spacial score (nSPS) is 10.2. The molecule has 0 saturated carbocycles. The van der Waals surface area contributed by atoms with E-state index >= 15 is 0 Å². The van der Waals surface area contributed by atoms with Crippen molar-refractivity contribution in [3.05, 3.63) is 33.9 Å². The summed E-state index contributed by atoms with van der Waals surface area (Å²) < 4.78 is 5.06. The molecule has 0 N–H and O–H groups in total. The molecule has 1 aromatic carbocycles.